The summed E-state index contributed by atoms with van der Waals surface area (Å²) < 4.78 is 4.82. The molecule has 1 heterocycles. The first kappa shape index (κ1) is 26.4. The molecule has 204 valence electrons. The monoisotopic (exact) mass is 514 g/mol. The van der Waals surface area contributed by atoms with Gasteiger partial charge in [0.05, 0.1) is 12.8 Å². The van der Waals surface area contributed by atoms with Crippen LogP contribution in [0.1, 0.15) is 85.0 Å². The first-order valence-electron chi connectivity index (χ1n) is 14.1. The Morgan fingerprint density at radius 3 is 2.57 bits per heavy atom. The lowest BCUT2D eigenvalue weighted by Gasteiger charge is -2.59. The molecule has 0 aromatic carbocycles. The molecular weight excluding hydrogens is 472 g/mol. The van der Waals surface area contributed by atoms with E-state index in [1.54, 1.807) is 6.92 Å². The Labute approximate surface area is 219 Å². The zero-order chi connectivity index (χ0) is 26.6. The van der Waals surface area contributed by atoms with Crippen molar-refractivity contribution in [1.82, 2.24) is 4.90 Å². The second kappa shape index (κ2) is 9.51. The van der Waals surface area contributed by atoms with Crippen LogP contribution in [0, 0.1) is 28.6 Å². The Morgan fingerprint density at radius 2 is 1.84 bits per heavy atom. The van der Waals surface area contributed by atoms with E-state index in [0.29, 0.717) is 37.1 Å². The Bertz CT molecular complexity index is 1040. The lowest BCUT2D eigenvalue weighted by atomic mass is 9.46. The molecule has 1 saturated heterocycles. The van der Waals surface area contributed by atoms with Gasteiger partial charge in [0.15, 0.2) is 12.4 Å². The standard InChI is InChI=1S/C29H42N2O6/c1-18(32)29(35)14-11-23-21-8-7-19-16-20(9-12-27(19,2)22(21)10-13-28(23,29)3)30-37-17-25(33)31-15-5-6-24(31)26(34)36-4/h16,21-24,35H,5-15,17H2,1-4H3/b30-20-/t21-,22+,23+,24+,27-,28-,29-/m0/s1. The number of allylic oxidation sites excluding steroid dienone is 2. The number of hydrogen-bond donors (Lipinski definition) is 1. The zero-order valence-electron chi connectivity index (χ0n) is 22.8. The number of amides is 1. The lowest BCUT2D eigenvalue weighted by molar-refractivity contribution is -0.159. The van der Waals surface area contributed by atoms with Crippen LogP contribution in [0.2, 0.25) is 0 Å². The summed E-state index contributed by atoms with van der Waals surface area (Å²) in [5.41, 5.74) is 0.896. The van der Waals surface area contributed by atoms with Gasteiger partial charge in [0.1, 0.15) is 11.6 Å². The number of likely N-dealkylation sites (tertiary alicyclic amines) is 1. The number of methoxy groups -OCH3 is 1. The number of fused-ring (bicyclic) bond motifs is 5. The predicted octanol–water partition coefficient (Wildman–Crippen LogP) is 3.81. The minimum absolute atomic E-state index is 0.0684. The summed E-state index contributed by atoms with van der Waals surface area (Å²) >= 11 is 0. The number of Topliss-reactive ketones (excluding diaryl/α,β-unsaturated/α-hetero) is 1. The molecule has 0 bridgehead atoms. The van der Waals surface area contributed by atoms with E-state index in [2.05, 4.69) is 25.1 Å². The number of aliphatic hydroxyl groups is 1. The van der Waals surface area contributed by atoms with Gasteiger partial charge < -0.3 is 19.6 Å². The summed E-state index contributed by atoms with van der Waals surface area (Å²) in [6, 6.07) is -0.523. The van der Waals surface area contributed by atoms with Crippen molar-refractivity contribution in [3.8, 4) is 0 Å². The molecule has 1 amide bonds. The van der Waals surface area contributed by atoms with Crippen molar-refractivity contribution >= 4 is 23.4 Å². The quantitative estimate of drug-likeness (QED) is 0.442. The fourth-order valence-electron chi connectivity index (χ4n) is 8.94. The third kappa shape index (κ3) is 4.05. The molecule has 8 nitrogen and oxygen atoms in total. The number of carbonyl (C=O) groups is 3. The molecule has 4 aliphatic carbocycles. The zero-order valence-corrected chi connectivity index (χ0v) is 22.8. The van der Waals surface area contributed by atoms with Gasteiger partial charge in [0.2, 0.25) is 0 Å². The van der Waals surface area contributed by atoms with Crippen molar-refractivity contribution in [3.63, 3.8) is 0 Å². The van der Waals surface area contributed by atoms with Crippen LogP contribution in [0.3, 0.4) is 0 Å². The Morgan fingerprint density at radius 1 is 1.08 bits per heavy atom. The van der Waals surface area contributed by atoms with E-state index in [-0.39, 0.29) is 35.1 Å². The molecule has 0 spiro atoms. The largest absolute Gasteiger partial charge is 0.467 e. The summed E-state index contributed by atoms with van der Waals surface area (Å²) in [6.45, 7) is 6.47. The SMILES string of the molecule is COC(=O)[C@H]1CCCN1C(=O)CO/N=C1\C=C2CC[C@H]3[C@@H](CC[C@@]4(C)[C@@H]3CC[C@]4(O)C(C)=O)[C@@]2(C)CC1. The van der Waals surface area contributed by atoms with E-state index in [0.717, 1.165) is 57.1 Å². The van der Waals surface area contributed by atoms with E-state index in [1.807, 2.05) is 0 Å². The Balaban J connectivity index is 1.25. The summed E-state index contributed by atoms with van der Waals surface area (Å²) in [5, 5.41) is 15.7. The first-order chi connectivity index (χ1) is 17.5. The maximum absolute atomic E-state index is 12.6. The molecule has 5 aliphatic rings. The molecule has 0 aromatic heterocycles. The molecule has 3 saturated carbocycles. The summed E-state index contributed by atoms with van der Waals surface area (Å²) in [6.07, 6.45) is 10.9. The van der Waals surface area contributed by atoms with Crippen molar-refractivity contribution in [2.24, 2.45) is 33.7 Å². The number of oxime groups is 1. The molecule has 0 aromatic rings. The van der Waals surface area contributed by atoms with Gasteiger partial charge in [-0.3, -0.25) is 9.59 Å². The molecule has 1 aliphatic heterocycles. The minimum atomic E-state index is -1.17. The van der Waals surface area contributed by atoms with Gasteiger partial charge in [-0.2, -0.15) is 0 Å². The van der Waals surface area contributed by atoms with Crippen LogP contribution >= 0.6 is 0 Å². The Hall–Kier alpha value is -2.22. The van der Waals surface area contributed by atoms with Crippen LogP contribution in [0.5, 0.6) is 0 Å². The average Bonchev–Trinajstić information content (AvgIpc) is 3.47. The molecule has 8 heteroatoms. The molecular formula is C29H42N2O6. The van der Waals surface area contributed by atoms with E-state index in [1.165, 1.54) is 17.6 Å². The van der Waals surface area contributed by atoms with Crippen molar-refractivity contribution in [2.45, 2.75) is 96.6 Å². The van der Waals surface area contributed by atoms with Crippen LogP contribution in [-0.4, -0.2) is 65.3 Å². The Kier molecular flexibility index (Phi) is 6.78. The maximum atomic E-state index is 12.6. The number of rotatable bonds is 5. The predicted molar refractivity (Wildman–Crippen MR) is 137 cm³/mol. The van der Waals surface area contributed by atoms with Gasteiger partial charge in [-0.15, -0.1) is 0 Å². The van der Waals surface area contributed by atoms with Crippen LogP contribution < -0.4 is 0 Å². The van der Waals surface area contributed by atoms with Gasteiger partial charge in [0, 0.05) is 12.0 Å². The lowest BCUT2D eigenvalue weighted by Crippen LogP contribution is -2.57. The van der Waals surface area contributed by atoms with Gasteiger partial charge in [0.25, 0.3) is 5.91 Å². The van der Waals surface area contributed by atoms with Gasteiger partial charge in [-0.1, -0.05) is 24.6 Å². The highest BCUT2D eigenvalue weighted by Gasteiger charge is 2.65. The molecule has 1 N–H and O–H groups in total. The van der Waals surface area contributed by atoms with Gasteiger partial charge in [-0.05, 0) is 100 Å². The summed E-state index contributed by atoms with van der Waals surface area (Å²) in [5.74, 6) is 0.789. The number of hydrogen-bond acceptors (Lipinski definition) is 7. The average molecular weight is 515 g/mol. The number of carbonyl (C=O) groups excluding carboxylic acids is 3. The van der Waals surface area contributed by atoms with Crippen LogP contribution in [0.15, 0.2) is 16.8 Å². The fraction of sp³-hybridized carbons (Fsp3) is 0.793. The highest BCUT2D eigenvalue weighted by atomic mass is 16.6. The van der Waals surface area contributed by atoms with E-state index in [4.69, 9.17) is 9.57 Å². The topological polar surface area (TPSA) is 106 Å². The normalized spacial score (nSPS) is 41.9. The van der Waals surface area contributed by atoms with Crippen LogP contribution in [0.4, 0.5) is 0 Å². The third-order valence-corrected chi connectivity index (χ3v) is 11.1. The van der Waals surface area contributed by atoms with Crippen molar-refractivity contribution in [2.75, 3.05) is 20.3 Å². The van der Waals surface area contributed by atoms with E-state index < -0.39 is 11.6 Å². The smallest absolute Gasteiger partial charge is 0.328 e. The van der Waals surface area contributed by atoms with Crippen molar-refractivity contribution in [1.29, 1.82) is 0 Å². The van der Waals surface area contributed by atoms with Crippen LogP contribution in [-0.2, 0) is 24.0 Å². The fourth-order valence-corrected chi connectivity index (χ4v) is 8.94. The number of esters is 1. The molecule has 4 fully saturated rings. The third-order valence-electron chi connectivity index (χ3n) is 11.1. The molecule has 5 rings (SSSR count). The molecule has 0 radical (unpaired) electrons. The van der Waals surface area contributed by atoms with E-state index in [9.17, 15) is 19.5 Å². The van der Waals surface area contributed by atoms with Gasteiger partial charge >= 0.3 is 5.97 Å². The van der Waals surface area contributed by atoms with E-state index >= 15 is 0 Å². The first-order valence-corrected chi connectivity index (χ1v) is 14.1. The summed E-state index contributed by atoms with van der Waals surface area (Å²) in [4.78, 5) is 44.0. The number of ketones is 1. The minimum Gasteiger partial charge on any atom is -0.467 e. The van der Waals surface area contributed by atoms with Crippen molar-refractivity contribution < 1.29 is 29.1 Å². The number of nitrogens with zero attached hydrogens (tertiary/aromatic N) is 2. The van der Waals surface area contributed by atoms with Crippen molar-refractivity contribution in [3.05, 3.63) is 11.6 Å². The number of ether oxygens (including phenoxy) is 1. The molecule has 7 atom stereocenters. The molecule has 37 heavy (non-hydrogen) atoms. The molecule has 0 unspecified atom stereocenters. The second-order valence-electron chi connectivity index (χ2n) is 12.5. The highest BCUT2D eigenvalue weighted by Crippen LogP contribution is 2.67. The second-order valence-corrected chi connectivity index (χ2v) is 12.5. The van der Waals surface area contributed by atoms with Crippen LogP contribution in [0.25, 0.3) is 0 Å². The summed E-state index contributed by atoms with van der Waals surface area (Å²) in [7, 11) is 1.34. The maximum Gasteiger partial charge on any atom is 0.328 e. The highest BCUT2D eigenvalue weighted by molar-refractivity contribution is 5.96. The van der Waals surface area contributed by atoms with Gasteiger partial charge in [-0.25, -0.2) is 4.79 Å².